The number of hydrogen-bond acceptors (Lipinski definition) is 3. The Morgan fingerprint density at radius 3 is 2.71 bits per heavy atom. The molecule has 0 spiro atoms. The van der Waals surface area contributed by atoms with Gasteiger partial charge in [-0.25, -0.2) is 0 Å². The van der Waals surface area contributed by atoms with E-state index in [4.69, 9.17) is 5.73 Å². The Morgan fingerprint density at radius 1 is 1.36 bits per heavy atom. The zero-order chi connectivity index (χ0) is 9.10. The number of nitrogens with zero attached hydrogens (tertiary/aromatic N) is 3. The van der Waals surface area contributed by atoms with Crippen LogP contribution in [-0.4, -0.2) is 14.8 Å². The Kier molecular flexibility index (Phi) is 4.35. The van der Waals surface area contributed by atoms with Crippen LogP contribution < -0.4 is 5.73 Å². The fourth-order valence-electron chi connectivity index (χ4n) is 2.08. The number of nitrogens with two attached hydrogens (primary N) is 1. The minimum Gasteiger partial charge on any atom is -0.324 e. The molecular formula is C9H17ClN4. The van der Waals surface area contributed by atoms with Gasteiger partial charge >= 0.3 is 0 Å². The van der Waals surface area contributed by atoms with Crippen molar-refractivity contribution in [3.63, 3.8) is 0 Å². The Morgan fingerprint density at radius 2 is 2.07 bits per heavy atom. The largest absolute Gasteiger partial charge is 0.324 e. The lowest BCUT2D eigenvalue weighted by Gasteiger charge is -2.23. The average molecular weight is 217 g/mol. The first-order valence-electron chi connectivity index (χ1n) is 5.00. The van der Waals surface area contributed by atoms with Gasteiger partial charge in [0.2, 0.25) is 0 Å². The predicted molar refractivity (Wildman–Crippen MR) is 57.3 cm³/mol. The molecule has 0 aromatic carbocycles. The van der Waals surface area contributed by atoms with Crippen molar-refractivity contribution in [2.45, 2.75) is 44.7 Å². The lowest BCUT2D eigenvalue weighted by atomic mass is 9.95. The quantitative estimate of drug-likeness (QED) is 0.818. The fourth-order valence-corrected chi connectivity index (χ4v) is 2.08. The van der Waals surface area contributed by atoms with Gasteiger partial charge in [-0.2, -0.15) is 0 Å². The van der Waals surface area contributed by atoms with Gasteiger partial charge in [0.25, 0.3) is 0 Å². The van der Waals surface area contributed by atoms with E-state index in [9.17, 15) is 0 Å². The maximum atomic E-state index is 5.58. The van der Waals surface area contributed by atoms with Gasteiger partial charge in [-0.3, -0.25) is 0 Å². The van der Waals surface area contributed by atoms with E-state index < -0.39 is 0 Å². The van der Waals surface area contributed by atoms with Gasteiger partial charge in [-0.15, -0.1) is 22.6 Å². The molecule has 1 heterocycles. The molecule has 1 aromatic rings. The predicted octanol–water partition coefficient (Wildman–Crippen LogP) is 1.66. The molecule has 2 rings (SSSR count). The highest BCUT2D eigenvalue weighted by Gasteiger charge is 2.17. The second kappa shape index (κ2) is 5.32. The number of rotatable bonds is 2. The summed E-state index contributed by atoms with van der Waals surface area (Å²) < 4.78 is 2.15. The van der Waals surface area contributed by atoms with E-state index in [-0.39, 0.29) is 12.4 Å². The summed E-state index contributed by atoms with van der Waals surface area (Å²) in [6.45, 7) is 0.497. The van der Waals surface area contributed by atoms with E-state index in [0.717, 1.165) is 5.82 Å². The number of halogens is 1. The molecule has 0 unspecified atom stereocenters. The van der Waals surface area contributed by atoms with Crippen molar-refractivity contribution in [1.29, 1.82) is 0 Å². The smallest absolute Gasteiger partial charge is 0.146 e. The van der Waals surface area contributed by atoms with Crippen molar-refractivity contribution < 1.29 is 0 Å². The van der Waals surface area contributed by atoms with Gasteiger partial charge in [0, 0.05) is 6.04 Å². The monoisotopic (exact) mass is 216 g/mol. The number of aromatic nitrogens is 3. The summed E-state index contributed by atoms with van der Waals surface area (Å²) in [7, 11) is 0. The minimum atomic E-state index is 0. The first-order chi connectivity index (χ1) is 6.42. The van der Waals surface area contributed by atoms with Gasteiger partial charge in [-0.05, 0) is 12.8 Å². The molecule has 1 aliphatic rings. The SMILES string of the molecule is Cl.NCc1nncn1C1CCCCC1. The average Bonchev–Trinajstić information content (AvgIpc) is 2.67. The van der Waals surface area contributed by atoms with E-state index >= 15 is 0 Å². The summed E-state index contributed by atoms with van der Waals surface area (Å²) in [5, 5.41) is 7.90. The van der Waals surface area contributed by atoms with Crippen molar-refractivity contribution in [2.24, 2.45) is 5.73 Å². The third-order valence-corrected chi connectivity index (χ3v) is 2.80. The standard InChI is InChI=1S/C9H16N4.ClH/c10-6-9-12-11-7-13(9)8-4-2-1-3-5-8;/h7-8H,1-6,10H2;1H. The second-order valence-electron chi connectivity index (χ2n) is 3.65. The molecule has 80 valence electrons. The molecule has 2 N–H and O–H groups in total. The van der Waals surface area contributed by atoms with Crippen LogP contribution in [0.1, 0.15) is 44.0 Å². The van der Waals surface area contributed by atoms with Gasteiger partial charge in [-0.1, -0.05) is 19.3 Å². The minimum absolute atomic E-state index is 0. The van der Waals surface area contributed by atoms with E-state index in [1.165, 1.54) is 32.1 Å². The molecule has 14 heavy (non-hydrogen) atoms. The lowest BCUT2D eigenvalue weighted by molar-refractivity contribution is 0.345. The maximum absolute atomic E-state index is 5.58. The first-order valence-corrected chi connectivity index (χ1v) is 5.00. The van der Waals surface area contributed by atoms with Gasteiger partial charge in [0.05, 0.1) is 6.54 Å². The van der Waals surface area contributed by atoms with Crippen molar-refractivity contribution >= 4 is 12.4 Å². The topological polar surface area (TPSA) is 56.7 Å². The molecule has 0 bridgehead atoms. The van der Waals surface area contributed by atoms with Crippen LogP contribution in [0.2, 0.25) is 0 Å². The molecule has 0 saturated heterocycles. The summed E-state index contributed by atoms with van der Waals surface area (Å²) in [6, 6.07) is 0.599. The summed E-state index contributed by atoms with van der Waals surface area (Å²) in [4.78, 5) is 0. The van der Waals surface area contributed by atoms with Crippen LogP contribution in [0.5, 0.6) is 0 Å². The van der Waals surface area contributed by atoms with Crippen LogP contribution in [0.3, 0.4) is 0 Å². The maximum Gasteiger partial charge on any atom is 0.146 e. The van der Waals surface area contributed by atoms with Crippen LogP contribution in [0.25, 0.3) is 0 Å². The first kappa shape index (κ1) is 11.5. The molecular weight excluding hydrogens is 200 g/mol. The van der Waals surface area contributed by atoms with Gasteiger partial charge in [0.15, 0.2) is 0 Å². The molecule has 1 aromatic heterocycles. The second-order valence-corrected chi connectivity index (χ2v) is 3.65. The molecule has 1 aliphatic carbocycles. The highest BCUT2D eigenvalue weighted by Crippen LogP contribution is 2.28. The summed E-state index contributed by atoms with van der Waals surface area (Å²) >= 11 is 0. The van der Waals surface area contributed by atoms with Crippen LogP contribution in [0, 0.1) is 0 Å². The Labute approximate surface area is 90.3 Å². The molecule has 0 radical (unpaired) electrons. The van der Waals surface area contributed by atoms with Crippen LogP contribution in [-0.2, 0) is 6.54 Å². The molecule has 0 aliphatic heterocycles. The Hall–Kier alpha value is -0.610. The van der Waals surface area contributed by atoms with Gasteiger partial charge < -0.3 is 10.3 Å². The highest BCUT2D eigenvalue weighted by molar-refractivity contribution is 5.85. The zero-order valence-corrected chi connectivity index (χ0v) is 9.04. The molecule has 0 amide bonds. The van der Waals surface area contributed by atoms with Gasteiger partial charge in [0.1, 0.15) is 12.2 Å². The van der Waals surface area contributed by atoms with Crippen LogP contribution >= 0.6 is 12.4 Å². The highest BCUT2D eigenvalue weighted by atomic mass is 35.5. The normalized spacial score (nSPS) is 17.8. The summed E-state index contributed by atoms with van der Waals surface area (Å²) in [6.07, 6.45) is 8.35. The van der Waals surface area contributed by atoms with Crippen molar-refractivity contribution in [3.05, 3.63) is 12.2 Å². The summed E-state index contributed by atoms with van der Waals surface area (Å²) in [5.74, 6) is 0.923. The lowest BCUT2D eigenvalue weighted by Crippen LogP contribution is -2.16. The molecule has 1 saturated carbocycles. The van der Waals surface area contributed by atoms with Crippen LogP contribution in [0.15, 0.2) is 6.33 Å². The molecule has 4 nitrogen and oxygen atoms in total. The Bertz CT molecular complexity index is 268. The third kappa shape index (κ3) is 2.25. The summed E-state index contributed by atoms with van der Waals surface area (Å²) in [5.41, 5.74) is 5.58. The number of hydrogen-bond donors (Lipinski definition) is 1. The van der Waals surface area contributed by atoms with E-state index in [1.807, 2.05) is 6.33 Å². The van der Waals surface area contributed by atoms with E-state index in [0.29, 0.717) is 12.6 Å². The van der Waals surface area contributed by atoms with Crippen molar-refractivity contribution in [2.75, 3.05) is 0 Å². The van der Waals surface area contributed by atoms with Crippen molar-refractivity contribution in [1.82, 2.24) is 14.8 Å². The van der Waals surface area contributed by atoms with Crippen molar-refractivity contribution in [3.8, 4) is 0 Å². The Balaban J connectivity index is 0.000000980. The van der Waals surface area contributed by atoms with E-state index in [2.05, 4.69) is 14.8 Å². The fraction of sp³-hybridized carbons (Fsp3) is 0.778. The molecule has 1 fully saturated rings. The third-order valence-electron chi connectivity index (χ3n) is 2.80. The molecule has 5 heteroatoms. The zero-order valence-electron chi connectivity index (χ0n) is 8.22. The van der Waals surface area contributed by atoms with E-state index in [1.54, 1.807) is 0 Å². The molecule has 0 atom stereocenters. The van der Waals surface area contributed by atoms with Crippen LogP contribution in [0.4, 0.5) is 0 Å².